The van der Waals surface area contributed by atoms with E-state index in [9.17, 15) is 9.59 Å². The molecular formula is C23H24N2O3. The zero-order valence-electron chi connectivity index (χ0n) is 16.8. The van der Waals surface area contributed by atoms with Crippen LogP contribution in [0.25, 0.3) is 5.69 Å². The number of methoxy groups -OCH3 is 1. The van der Waals surface area contributed by atoms with Gasteiger partial charge in [-0.1, -0.05) is 18.2 Å². The number of Topliss-reactive ketones (excluding diaryl/α,β-unsaturated/α-hetero) is 1. The molecule has 1 N–H and O–H groups in total. The van der Waals surface area contributed by atoms with Gasteiger partial charge in [-0.2, -0.15) is 0 Å². The first kappa shape index (κ1) is 19.4. The summed E-state index contributed by atoms with van der Waals surface area (Å²) < 4.78 is 7.22. The van der Waals surface area contributed by atoms with Crippen LogP contribution in [-0.2, 0) is 4.79 Å². The highest BCUT2D eigenvalue weighted by Crippen LogP contribution is 2.25. The zero-order valence-corrected chi connectivity index (χ0v) is 16.8. The molecule has 144 valence electrons. The lowest BCUT2D eigenvalue weighted by atomic mass is 10.1. The van der Waals surface area contributed by atoms with Crippen molar-refractivity contribution in [1.29, 1.82) is 0 Å². The number of anilines is 1. The largest absolute Gasteiger partial charge is 0.495 e. The Bertz CT molecular complexity index is 1060. The number of carbonyl (C=O) groups is 2. The normalized spacial score (nSPS) is 10.6. The van der Waals surface area contributed by atoms with Gasteiger partial charge >= 0.3 is 0 Å². The van der Waals surface area contributed by atoms with Crippen LogP contribution in [0.15, 0.2) is 48.5 Å². The summed E-state index contributed by atoms with van der Waals surface area (Å²) in [6.45, 7) is 7.90. The third kappa shape index (κ3) is 3.56. The van der Waals surface area contributed by atoms with Crippen LogP contribution in [-0.4, -0.2) is 23.4 Å². The predicted molar refractivity (Wildman–Crippen MR) is 111 cm³/mol. The Morgan fingerprint density at radius 3 is 2.32 bits per heavy atom. The van der Waals surface area contributed by atoms with Crippen molar-refractivity contribution in [3.63, 3.8) is 0 Å². The van der Waals surface area contributed by atoms with Crippen LogP contribution in [0.5, 0.6) is 5.75 Å². The average Bonchev–Trinajstić information content (AvgIpc) is 2.98. The number of rotatable bonds is 5. The Morgan fingerprint density at radius 1 is 0.929 bits per heavy atom. The van der Waals surface area contributed by atoms with Crippen molar-refractivity contribution >= 4 is 17.4 Å². The Hall–Kier alpha value is -3.34. The summed E-state index contributed by atoms with van der Waals surface area (Å²) in [7, 11) is 1.52. The number of hydrogen-bond donors (Lipinski definition) is 1. The molecule has 3 aromatic rings. The highest BCUT2D eigenvalue weighted by atomic mass is 16.5. The van der Waals surface area contributed by atoms with E-state index in [1.165, 1.54) is 18.2 Å². The number of aryl methyl sites for hydroxylation is 3. The average molecular weight is 376 g/mol. The molecule has 0 aliphatic rings. The SMILES string of the molecule is COc1ccccc1NC(=O)C(=O)c1cc(C)n(-c2ccc(C)c(C)c2)c1C. The van der Waals surface area contributed by atoms with Gasteiger partial charge in [0.05, 0.1) is 12.8 Å². The number of aromatic nitrogens is 1. The van der Waals surface area contributed by atoms with Gasteiger partial charge in [0.2, 0.25) is 0 Å². The Balaban J connectivity index is 1.92. The highest BCUT2D eigenvalue weighted by molar-refractivity contribution is 6.47. The predicted octanol–water partition coefficient (Wildman–Crippen LogP) is 4.54. The first-order valence-corrected chi connectivity index (χ1v) is 9.08. The zero-order chi connectivity index (χ0) is 20.4. The van der Waals surface area contributed by atoms with Gasteiger partial charge in [0.15, 0.2) is 0 Å². The summed E-state index contributed by atoms with van der Waals surface area (Å²) in [5.41, 5.74) is 5.84. The van der Waals surface area contributed by atoms with Crippen molar-refractivity contribution in [2.75, 3.05) is 12.4 Å². The highest BCUT2D eigenvalue weighted by Gasteiger charge is 2.23. The van der Waals surface area contributed by atoms with Crippen molar-refractivity contribution < 1.29 is 14.3 Å². The number of para-hydroxylation sites is 2. The second kappa shape index (κ2) is 7.72. The summed E-state index contributed by atoms with van der Waals surface area (Å²) in [6.07, 6.45) is 0. The molecule has 0 fully saturated rings. The minimum atomic E-state index is -0.690. The van der Waals surface area contributed by atoms with Gasteiger partial charge in [-0.05, 0) is 69.2 Å². The molecule has 1 aromatic heterocycles. The van der Waals surface area contributed by atoms with Crippen molar-refractivity contribution in [3.05, 3.63) is 76.6 Å². The molecule has 1 heterocycles. The van der Waals surface area contributed by atoms with Gasteiger partial charge in [0.25, 0.3) is 11.7 Å². The molecule has 2 aromatic carbocycles. The Labute approximate surface area is 165 Å². The van der Waals surface area contributed by atoms with Crippen LogP contribution in [0.3, 0.4) is 0 Å². The van der Waals surface area contributed by atoms with Crippen LogP contribution >= 0.6 is 0 Å². The van der Waals surface area contributed by atoms with E-state index < -0.39 is 11.7 Å². The van der Waals surface area contributed by atoms with Crippen LogP contribution in [0, 0.1) is 27.7 Å². The number of ether oxygens (including phenoxy) is 1. The molecule has 0 spiro atoms. The monoisotopic (exact) mass is 376 g/mol. The quantitative estimate of drug-likeness (QED) is 0.525. The van der Waals surface area contributed by atoms with E-state index in [4.69, 9.17) is 4.74 Å². The summed E-state index contributed by atoms with van der Waals surface area (Å²) >= 11 is 0. The summed E-state index contributed by atoms with van der Waals surface area (Å²) in [5, 5.41) is 2.65. The molecule has 0 saturated carbocycles. The van der Waals surface area contributed by atoms with Gasteiger partial charge < -0.3 is 14.6 Å². The fourth-order valence-electron chi connectivity index (χ4n) is 3.30. The first-order valence-electron chi connectivity index (χ1n) is 9.08. The molecule has 0 unspecified atom stereocenters. The molecule has 0 aliphatic carbocycles. The molecule has 0 atom stereocenters. The van der Waals surface area contributed by atoms with E-state index in [0.717, 1.165) is 17.1 Å². The lowest BCUT2D eigenvalue weighted by Gasteiger charge is -2.12. The number of ketones is 1. The van der Waals surface area contributed by atoms with Gasteiger partial charge in [-0.15, -0.1) is 0 Å². The number of benzene rings is 2. The maximum Gasteiger partial charge on any atom is 0.296 e. The molecule has 0 bridgehead atoms. The standard InChI is InChI=1S/C23H24N2O3/c1-14-10-11-18(12-15(14)2)25-16(3)13-19(17(25)4)22(26)23(27)24-20-8-6-7-9-21(20)28-5/h6-13H,1-5H3,(H,24,27). The van der Waals surface area contributed by atoms with Crippen molar-refractivity contribution in [3.8, 4) is 11.4 Å². The lowest BCUT2D eigenvalue weighted by molar-refractivity contribution is -0.112. The summed E-state index contributed by atoms with van der Waals surface area (Å²) in [5.74, 6) is -0.761. The van der Waals surface area contributed by atoms with E-state index in [1.54, 1.807) is 30.3 Å². The second-order valence-electron chi connectivity index (χ2n) is 6.87. The van der Waals surface area contributed by atoms with Crippen LogP contribution < -0.4 is 10.1 Å². The number of hydrogen-bond acceptors (Lipinski definition) is 3. The van der Waals surface area contributed by atoms with Gasteiger partial charge in [0.1, 0.15) is 5.75 Å². The molecule has 0 radical (unpaired) electrons. The fraction of sp³-hybridized carbons (Fsp3) is 0.217. The van der Waals surface area contributed by atoms with E-state index in [-0.39, 0.29) is 0 Å². The number of carbonyl (C=O) groups excluding carboxylic acids is 2. The molecule has 28 heavy (non-hydrogen) atoms. The molecule has 0 saturated heterocycles. The Kier molecular flexibility index (Phi) is 5.36. The molecule has 3 rings (SSSR count). The summed E-state index contributed by atoms with van der Waals surface area (Å²) in [4.78, 5) is 25.4. The molecular weight excluding hydrogens is 352 g/mol. The van der Waals surface area contributed by atoms with Crippen molar-refractivity contribution in [2.45, 2.75) is 27.7 Å². The number of amides is 1. The first-order chi connectivity index (χ1) is 13.3. The third-order valence-corrected chi connectivity index (χ3v) is 4.99. The molecule has 5 heteroatoms. The Morgan fingerprint density at radius 2 is 1.64 bits per heavy atom. The number of nitrogens with one attached hydrogen (secondary N) is 1. The second-order valence-corrected chi connectivity index (χ2v) is 6.87. The van der Waals surface area contributed by atoms with E-state index in [0.29, 0.717) is 17.0 Å². The summed E-state index contributed by atoms with van der Waals surface area (Å²) in [6, 6.07) is 14.9. The molecule has 0 aliphatic heterocycles. The van der Waals surface area contributed by atoms with Crippen molar-refractivity contribution in [2.24, 2.45) is 0 Å². The van der Waals surface area contributed by atoms with Crippen LogP contribution in [0.4, 0.5) is 5.69 Å². The maximum atomic E-state index is 12.8. The van der Waals surface area contributed by atoms with Gasteiger partial charge in [0, 0.05) is 22.6 Å². The molecule has 1 amide bonds. The van der Waals surface area contributed by atoms with E-state index in [1.807, 2.05) is 24.5 Å². The molecule has 5 nitrogen and oxygen atoms in total. The minimum absolute atomic E-state index is 0.392. The fourth-order valence-corrected chi connectivity index (χ4v) is 3.30. The third-order valence-electron chi connectivity index (χ3n) is 4.99. The minimum Gasteiger partial charge on any atom is -0.495 e. The van der Waals surface area contributed by atoms with Crippen LogP contribution in [0.1, 0.15) is 32.9 Å². The smallest absolute Gasteiger partial charge is 0.296 e. The number of nitrogens with zero attached hydrogens (tertiary/aromatic N) is 1. The topological polar surface area (TPSA) is 60.3 Å². The van der Waals surface area contributed by atoms with E-state index >= 15 is 0 Å². The van der Waals surface area contributed by atoms with Crippen molar-refractivity contribution in [1.82, 2.24) is 4.57 Å². The van der Waals surface area contributed by atoms with Gasteiger partial charge in [-0.3, -0.25) is 9.59 Å². The van der Waals surface area contributed by atoms with Crippen LogP contribution in [0.2, 0.25) is 0 Å². The lowest BCUT2D eigenvalue weighted by Crippen LogP contribution is -2.23. The maximum absolute atomic E-state index is 12.8. The van der Waals surface area contributed by atoms with Gasteiger partial charge in [-0.25, -0.2) is 0 Å². The van der Waals surface area contributed by atoms with E-state index in [2.05, 4.69) is 31.3 Å².